The fourth-order valence-corrected chi connectivity index (χ4v) is 3.18. The van der Waals surface area contributed by atoms with Crippen LogP contribution in [0.1, 0.15) is 18.4 Å². The lowest BCUT2D eigenvalue weighted by molar-refractivity contribution is -0.137. The Hall–Kier alpha value is -3.16. The lowest BCUT2D eigenvalue weighted by Crippen LogP contribution is -2.48. The van der Waals surface area contributed by atoms with Gasteiger partial charge in [0.25, 0.3) is 0 Å². The number of rotatable bonds is 8. The zero-order chi connectivity index (χ0) is 19.9. The number of nitrogens with zero attached hydrogens (tertiary/aromatic N) is 4. The minimum atomic E-state index is -0.820. The maximum absolute atomic E-state index is 12.0. The van der Waals surface area contributed by atoms with E-state index < -0.39 is 5.97 Å². The minimum absolute atomic E-state index is 0.0581. The Morgan fingerprint density at radius 1 is 1.25 bits per heavy atom. The van der Waals surface area contributed by atoms with Crippen molar-refractivity contribution in [2.75, 3.05) is 36.9 Å². The molecule has 8 heteroatoms. The second-order valence-corrected chi connectivity index (χ2v) is 6.96. The zero-order valence-electron chi connectivity index (χ0n) is 15.9. The van der Waals surface area contributed by atoms with Crippen LogP contribution in [-0.4, -0.2) is 64.6 Å². The average Bonchev–Trinajstić information content (AvgIpc) is 2.69. The zero-order valence-corrected chi connectivity index (χ0v) is 15.9. The number of nitrogens with one attached hydrogen (secondary N) is 1. The molecule has 2 N–H and O–H groups in total. The Morgan fingerprint density at radius 3 is 2.75 bits per heavy atom. The summed E-state index contributed by atoms with van der Waals surface area (Å²) >= 11 is 0. The van der Waals surface area contributed by atoms with Gasteiger partial charge >= 0.3 is 5.97 Å². The van der Waals surface area contributed by atoms with E-state index in [-0.39, 0.29) is 18.4 Å². The molecule has 2 heterocycles. The summed E-state index contributed by atoms with van der Waals surface area (Å²) in [6, 6.07) is 11.7. The first-order valence-corrected chi connectivity index (χ1v) is 9.34. The van der Waals surface area contributed by atoms with Crippen LogP contribution in [0.3, 0.4) is 0 Å². The maximum Gasteiger partial charge on any atom is 0.303 e. The monoisotopic (exact) mass is 383 g/mol. The van der Waals surface area contributed by atoms with Crippen molar-refractivity contribution in [3.8, 4) is 0 Å². The Kier molecular flexibility index (Phi) is 6.41. The molecule has 0 aliphatic carbocycles. The van der Waals surface area contributed by atoms with Crippen LogP contribution in [0.2, 0.25) is 0 Å². The van der Waals surface area contributed by atoms with Gasteiger partial charge in [-0.25, -0.2) is 9.97 Å². The normalized spacial score (nSPS) is 15.4. The van der Waals surface area contributed by atoms with E-state index in [9.17, 15) is 9.59 Å². The molecule has 0 bridgehead atoms. The predicted octanol–water partition coefficient (Wildman–Crippen LogP) is 1.64. The molecule has 1 aliphatic rings. The molecule has 8 nitrogen and oxygen atoms in total. The van der Waals surface area contributed by atoms with Crippen molar-refractivity contribution in [2.45, 2.75) is 25.3 Å². The third-order valence-corrected chi connectivity index (χ3v) is 4.82. The molecule has 0 spiro atoms. The first-order chi connectivity index (χ1) is 13.5. The number of piperazine rings is 1. The molecular formula is C20H25N5O3. The minimum Gasteiger partial charge on any atom is -0.481 e. The highest BCUT2D eigenvalue weighted by Crippen LogP contribution is 2.19. The molecule has 0 radical (unpaired) electrons. The van der Waals surface area contributed by atoms with Crippen molar-refractivity contribution in [1.82, 2.24) is 14.9 Å². The molecule has 1 atom stereocenters. The number of carbonyl (C=O) groups is 2. The number of likely N-dealkylation sites (N-methyl/N-ethyl adjacent to an activating group) is 1. The molecule has 1 unspecified atom stereocenters. The second kappa shape index (κ2) is 9.16. The highest BCUT2D eigenvalue weighted by atomic mass is 16.4. The predicted molar refractivity (Wildman–Crippen MR) is 106 cm³/mol. The Labute approximate surface area is 164 Å². The van der Waals surface area contributed by atoms with Crippen LogP contribution in [0.5, 0.6) is 0 Å². The number of aliphatic carboxylic acids is 1. The van der Waals surface area contributed by atoms with Crippen LogP contribution in [0.15, 0.2) is 42.7 Å². The molecule has 148 valence electrons. The van der Waals surface area contributed by atoms with Crippen molar-refractivity contribution in [2.24, 2.45) is 0 Å². The molecule has 3 rings (SSSR count). The molecule has 1 amide bonds. The average molecular weight is 383 g/mol. The number of hydrogen-bond donors (Lipinski definition) is 2. The maximum atomic E-state index is 12.0. The number of carboxylic acids is 1. The van der Waals surface area contributed by atoms with Crippen molar-refractivity contribution in [3.63, 3.8) is 0 Å². The number of aromatic nitrogens is 2. The molecule has 28 heavy (non-hydrogen) atoms. The summed E-state index contributed by atoms with van der Waals surface area (Å²) in [5.74, 6) is 0.556. The number of carboxylic acid groups (broad SMARTS) is 1. The fourth-order valence-electron chi connectivity index (χ4n) is 3.18. The molecule has 1 aliphatic heterocycles. The summed E-state index contributed by atoms with van der Waals surface area (Å²) in [7, 11) is 1.79. The van der Waals surface area contributed by atoms with Gasteiger partial charge in [0.1, 0.15) is 18.0 Å². The van der Waals surface area contributed by atoms with Crippen LogP contribution in [-0.2, 0) is 16.0 Å². The van der Waals surface area contributed by atoms with E-state index in [1.165, 1.54) is 6.33 Å². The molecule has 1 fully saturated rings. The number of amides is 1. The Morgan fingerprint density at radius 2 is 2.04 bits per heavy atom. The standard InChI is InChI=1S/C20H25N5O3/c1-24-9-10-25(13-19(24)26)18-12-17(21-14-22-18)23-16(7-8-20(27)28)11-15-5-3-2-4-6-15/h2-6,12,14,16H,7-11,13H2,1H3,(H,27,28)(H,21,22,23). The lowest BCUT2D eigenvalue weighted by atomic mass is 10.0. The van der Waals surface area contributed by atoms with Gasteiger partial charge in [-0.2, -0.15) is 0 Å². The summed E-state index contributed by atoms with van der Waals surface area (Å²) < 4.78 is 0. The molecular weight excluding hydrogens is 358 g/mol. The number of hydrogen-bond acceptors (Lipinski definition) is 6. The van der Waals surface area contributed by atoms with E-state index in [2.05, 4.69) is 15.3 Å². The number of anilines is 2. The van der Waals surface area contributed by atoms with Gasteiger partial charge < -0.3 is 20.2 Å². The third kappa shape index (κ3) is 5.42. The summed E-state index contributed by atoms with van der Waals surface area (Å²) in [5.41, 5.74) is 1.13. The first kappa shape index (κ1) is 19.6. The smallest absolute Gasteiger partial charge is 0.303 e. The molecule has 1 aromatic carbocycles. The summed E-state index contributed by atoms with van der Waals surface area (Å²) in [6.45, 7) is 1.66. The SMILES string of the molecule is CN1CCN(c2cc(NC(CCC(=O)O)Cc3ccccc3)ncn2)CC1=O. The molecule has 1 aromatic heterocycles. The Balaban J connectivity index is 1.71. The van der Waals surface area contributed by atoms with E-state index >= 15 is 0 Å². The van der Waals surface area contributed by atoms with E-state index in [1.807, 2.05) is 41.3 Å². The van der Waals surface area contributed by atoms with Crippen molar-refractivity contribution in [3.05, 3.63) is 48.3 Å². The number of carbonyl (C=O) groups excluding carboxylic acids is 1. The topological polar surface area (TPSA) is 98.7 Å². The highest BCUT2D eigenvalue weighted by Gasteiger charge is 2.22. The van der Waals surface area contributed by atoms with Crippen LogP contribution in [0.4, 0.5) is 11.6 Å². The summed E-state index contributed by atoms with van der Waals surface area (Å²) in [4.78, 5) is 35.2. The first-order valence-electron chi connectivity index (χ1n) is 9.34. The largest absolute Gasteiger partial charge is 0.481 e. The van der Waals surface area contributed by atoms with Crippen LogP contribution in [0, 0.1) is 0 Å². The van der Waals surface area contributed by atoms with Gasteiger partial charge in [-0.1, -0.05) is 30.3 Å². The van der Waals surface area contributed by atoms with Crippen molar-refractivity contribution < 1.29 is 14.7 Å². The van der Waals surface area contributed by atoms with Crippen LogP contribution >= 0.6 is 0 Å². The van der Waals surface area contributed by atoms with Gasteiger partial charge in [-0.15, -0.1) is 0 Å². The quantitative estimate of drug-likeness (QED) is 0.715. The summed E-state index contributed by atoms with van der Waals surface area (Å²) in [5, 5.41) is 12.4. The second-order valence-electron chi connectivity index (χ2n) is 6.96. The van der Waals surface area contributed by atoms with Gasteiger partial charge in [-0.05, 0) is 18.4 Å². The van der Waals surface area contributed by atoms with E-state index in [1.54, 1.807) is 11.9 Å². The highest BCUT2D eigenvalue weighted by molar-refractivity contribution is 5.82. The third-order valence-electron chi connectivity index (χ3n) is 4.82. The van der Waals surface area contributed by atoms with Gasteiger partial charge in [0.15, 0.2) is 0 Å². The van der Waals surface area contributed by atoms with Crippen molar-refractivity contribution >= 4 is 23.5 Å². The summed E-state index contributed by atoms with van der Waals surface area (Å²) in [6.07, 6.45) is 2.73. The van der Waals surface area contributed by atoms with E-state index in [0.717, 1.165) is 5.56 Å². The Bertz CT molecular complexity index is 814. The van der Waals surface area contributed by atoms with Gasteiger partial charge in [-0.3, -0.25) is 9.59 Å². The molecule has 0 saturated carbocycles. The van der Waals surface area contributed by atoms with E-state index in [4.69, 9.17) is 5.11 Å². The fraction of sp³-hybridized carbons (Fsp3) is 0.400. The van der Waals surface area contributed by atoms with Crippen LogP contribution < -0.4 is 10.2 Å². The van der Waals surface area contributed by atoms with Gasteiger partial charge in [0.2, 0.25) is 5.91 Å². The van der Waals surface area contributed by atoms with Crippen molar-refractivity contribution in [1.29, 1.82) is 0 Å². The van der Waals surface area contributed by atoms with E-state index in [0.29, 0.717) is 44.1 Å². The van der Waals surface area contributed by atoms with Gasteiger partial charge in [0.05, 0.1) is 6.54 Å². The molecule has 2 aromatic rings. The lowest BCUT2D eigenvalue weighted by Gasteiger charge is -2.32. The van der Waals surface area contributed by atoms with Crippen LogP contribution in [0.25, 0.3) is 0 Å². The van der Waals surface area contributed by atoms with Gasteiger partial charge in [0, 0.05) is 38.7 Å². The number of benzene rings is 1. The molecule has 1 saturated heterocycles.